The highest BCUT2D eigenvalue weighted by Gasteiger charge is 2.26. The maximum atomic E-state index is 12.0. The standard InChI is InChI=1S/C14H20F3NO2/c1-10(18)8-11-9-12(19-2)4-5-13(11)20-7-3-6-14(15,16)17/h4-5,9-10H,3,6-8,18H2,1-2H3. The fourth-order valence-corrected chi connectivity index (χ4v) is 1.78. The summed E-state index contributed by atoms with van der Waals surface area (Å²) in [5.74, 6) is 1.23. The molecule has 0 aliphatic heterocycles. The molecule has 3 nitrogen and oxygen atoms in total. The average Bonchev–Trinajstić information content (AvgIpc) is 2.34. The summed E-state index contributed by atoms with van der Waals surface area (Å²) < 4.78 is 46.7. The molecule has 0 aliphatic rings. The van der Waals surface area contributed by atoms with Crippen LogP contribution < -0.4 is 15.2 Å². The number of ether oxygens (including phenoxy) is 2. The van der Waals surface area contributed by atoms with E-state index in [1.165, 1.54) is 0 Å². The Bertz CT molecular complexity index is 419. The number of hydrogen-bond acceptors (Lipinski definition) is 3. The zero-order valence-corrected chi connectivity index (χ0v) is 11.7. The van der Waals surface area contributed by atoms with Crippen LogP contribution in [0.1, 0.15) is 25.3 Å². The maximum Gasteiger partial charge on any atom is 0.389 e. The summed E-state index contributed by atoms with van der Waals surface area (Å²) in [4.78, 5) is 0. The van der Waals surface area contributed by atoms with E-state index >= 15 is 0 Å². The lowest BCUT2D eigenvalue weighted by molar-refractivity contribution is -0.136. The van der Waals surface area contributed by atoms with E-state index in [0.29, 0.717) is 17.9 Å². The molecule has 0 aliphatic carbocycles. The van der Waals surface area contributed by atoms with Crippen LogP contribution in [0.4, 0.5) is 13.2 Å². The molecule has 1 aromatic rings. The molecular formula is C14H20F3NO2. The molecule has 20 heavy (non-hydrogen) atoms. The van der Waals surface area contributed by atoms with Crippen molar-refractivity contribution in [2.45, 2.75) is 38.4 Å². The van der Waals surface area contributed by atoms with Crippen molar-refractivity contribution in [3.63, 3.8) is 0 Å². The van der Waals surface area contributed by atoms with Gasteiger partial charge in [0.15, 0.2) is 0 Å². The van der Waals surface area contributed by atoms with Gasteiger partial charge in [-0.1, -0.05) is 0 Å². The number of hydrogen-bond donors (Lipinski definition) is 1. The molecule has 0 radical (unpaired) electrons. The Morgan fingerprint density at radius 3 is 2.55 bits per heavy atom. The number of alkyl halides is 3. The second-order valence-electron chi connectivity index (χ2n) is 4.72. The van der Waals surface area contributed by atoms with Gasteiger partial charge in [0.25, 0.3) is 0 Å². The minimum atomic E-state index is -4.14. The highest BCUT2D eigenvalue weighted by molar-refractivity contribution is 5.40. The average molecular weight is 291 g/mol. The van der Waals surface area contributed by atoms with Crippen LogP contribution in [0.3, 0.4) is 0 Å². The Morgan fingerprint density at radius 1 is 1.30 bits per heavy atom. The molecular weight excluding hydrogens is 271 g/mol. The van der Waals surface area contributed by atoms with E-state index < -0.39 is 12.6 Å². The molecule has 6 heteroatoms. The summed E-state index contributed by atoms with van der Waals surface area (Å²) in [5, 5.41) is 0. The first kappa shape index (κ1) is 16.6. The zero-order valence-electron chi connectivity index (χ0n) is 11.7. The van der Waals surface area contributed by atoms with Crippen LogP contribution in [0.25, 0.3) is 0 Å². The van der Waals surface area contributed by atoms with Gasteiger partial charge in [0.2, 0.25) is 0 Å². The third kappa shape index (κ3) is 6.14. The van der Waals surface area contributed by atoms with Gasteiger partial charge in [0.1, 0.15) is 11.5 Å². The highest BCUT2D eigenvalue weighted by Crippen LogP contribution is 2.26. The van der Waals surface area contributed by atoms with Crippen molar-refractivity contribution in [1.82, 2.24) is 0 Å². The predicted octanol–water partition coefficient (Wildman–Crippen LogP) is 3.31. The van der Waals surface area contributed by atoms with Gasteiger partial charge in [0.05, 0.1) is 13.7 Å². The van der Waals surface area contributed by atoms with E-state index in [0.717, 1.165) is 5.56 Å². The van der Waals surface area contributed by atoms with Crippen LogP contribution in [-0.2, 0) is 6.42 Å². The lowest BCUT2D eigenvalue weighted by Gasteiger charge is -2.15. The predicted molar refractivity (Wildman–Crippen MR) is 71.1 cm³/mol. The van der Waals surface area contributed by atoms with Gasteiger partial charge in [-0.2, -0.15) is 13.2 Å². The third-order valence-corrected chi connectivity index (χ3v) is 2.67. The molecule has 0 saturated heterocycles. The Morgan fingerprint density at radius 2 is 2.00 bits per heavy atom. The molecule has 0 fully saturated rings. The van der Waals surface area contributed by atoms with Gasteiger partial charge >= 0.3 is 6.18 Å². The summed E-state index contributed by atoms with van der Waals surface area (Å²) >= 11 is 0. The molecule has 1 unspecified atom stereocenters. The first-order valence-electron chi connectivity index (χ1n) is 6.44. The molecule has 0 spiro atoms. The lowest BCUT2D eigenvalue weighted by Crippen LogP contribution is -2.18. The summed E-state index contributed by atoms with van der Waals surface area (Å²) in [6.45, 7) is 1.88. The van der Waals surface area contributed by atoms with Crippen molar-refractivity contribution in [3.05, 3.63) is 23.8 Å². The first-order valence-corrected chi connectivity index (χ1v) is 6.44. The van der Waals surface area contributed by atoms with Crippen LogP contribution in [0.15, 0.2) is 18.2 Å². The molecule has 0 bridgehead atoms. The minimum absolute atomic E-state index is 0.0256. The van der Waals surface area contributed by atoms with Crippen molar-refractivity contribution in [3.8, 4) is 11.5 Å². The summed E-state index contributed by atoms with van der Waals surface area (Å²) in [5.41, 5.74) is 6.59. The second-order valence-corrected chi connectivity index (χ2v) is 4.72. The Hall–Kier alpha value is -1.43. The first-order chi connectivity index (χ1) is 9.31. The zero-order chi connectivity index (χ0) is 15.2. The molecule has 1 atom stereocenters. The lowest BCUT2D eigenvalue weighted by atomic mass is 10.1. The van der Waals surface area contributed by atoms with Crippen molar-refractivity contribution in [1.29, 1.82) is 0 Å². The number of rotatable bonds is 7. The van der Waals surface area contributed by atoms with E-state index in [4.69, 9.17) is 15.2 Å². The van der Waals surface area contributed by atoms with Gasteiger partial charge in [-0.05, 0) is 43.5 Å². The monoisotopic (exact) mass is 291 g/mol. The molecule has 1 aromatic carbocycles. The van der Waals surface area contributed by atoms with E-state index in [1.807, 2.05) is 6.92 Å². The van der Waals surface area contributed by atoms with Gasteiger partial charge in [-0.25, -0.2) is 0 Å². The van der Waals surface area contributed by atoms with Crippen LogP contribution in [0.2, 0.25) is 0 Å². The minimum Gasteiger partial charge on any atom is -0.497 e. The largest absolute Gasteiger partial charge is 0.497 e. The second kappa shape index (κ2) is 7.38. The molecule has 0 heterocycles. The van der Waals surface area contributed by atoms with E-state index in [2.05, 4.69) is 0 Å². The summed E-state index contributed by atoms with van der Waals surface area (Å²) in [7, 11) is 1.55. The Labute approximate surface area is 116 Å². The van der Waals surface area contributed by atoms with E-state index in [1.54, 1.807) is 25.3 Å². The van der Waals surface area contributed by atoms with Crippen molar-refractivity contribution < 1.29 is 22.6 Å². The number of nitrogens with two attached hydrogens (primary N) is 1. The Kier molecular flexibility index (Phi) is 6.13. The quantitative estimate of drug-likeness (QED) is 0.784. The molecule has 0 saturated carbocycles. The van der Waals surface area contributed by atoms with Crippen LogP contribution >= 0.6 is 0 Å². The topological polar surface area (TPSA) is 44.5 Å². The van der Waals surface area contributed by atoms with Crippen molar-refractivity contribution in [2.24, 2.45) is 5.73 Å². The molecule has 0 amide bonds. The van der Waals surface area contributed by atoms with Gasteiger partial charge in [-0.3, -0.25) is 0 Å². The maximum absolute atomic E-state index is 12.0. The van der Waals surface area contributed by atoms with E-state index in [9.17, 15) is 13.2 Å². The van der Waals surface area contributed by atoms with Gasteiger partial charge in [-0.15, -0.1) is 0 Å². The van der Waals surface area contributed by atoms with Gasteiger partial charge < -0.3 is 15.2 Å². The van der Waals surface area contributed by atoms with Crippen molar-refractivity contribution >= 4 is 0 Å². The highest BCUT2D eigenvalue weighted by atomic mass is 19.4. The normalized spacial score (nSPS) is 13.1. The van der Waals surface area contributed by atoms with Crippen LogP contribution in [0, 0.1) is 0 Å². The number of methoxy groups -OCH3 is 1. The van der Waals surface area contributed by atoms with Gasteiger partial charge in [0, 0.05) is 12.5 Å². The summed E-state index contributed by atoms with van der Waals surface area (Å²) in [6, 6.07) is 5.13. The molecule has 2 N–H and O–H groups in total. The molecule has 114 valence electrons. The number of benzene rings is 1. The number of halogens is 3. The summed E-state index contributed by atoms with van der Waals surface area (Å²) in [6.07, 6.45) is -4.47. The Balaban J connectivity index is 2.63. The SMILES string of the molecule is COc1ccc(OCCCC(F)(F)F)c(CC(C)N)c1. The third-order valence-electron chi connectivity index (χ3n) is 2.67. The van der Waals surface area contributed by atoms with E-state index in [-0.39, 0.29) is 19.1 Å². The van der Waals surface area contributed by atoms with Crippen molar-refractivity contribution in [2.75, 3.05) is 13.7 Å². The molecule has 0 aromatic heterocycles. The fourth-order valence-electron chi connectivity index (χ4n) is 1.78. The van der Waals surface area contributed by atoms with Crippen LogP contribution in [-0.4, -0.2) is 25.9 Å². The van der Waals surface area contributed by atoms with Crippen LogP contribution in [0.5, 0.6) is 11.5 Å². The smallest absolute Gasteiger partial charge is 0.389 e. The molecule has 1 rings (SSSR count). The fraction of sp³-hybridized carbons (Fsp3) is 0.571.